The number of H-pyrrole nitrogens is 1. The summed E-state index contributed by atoms with van der Waals surface area (Å²) in [7, 11) is -15.5. The van der Waals surface area contributed by atoms with Crippen LogP contribution >= 0.6 is 23.5 Å². The van der Waals surface area contributed by atoms with Crippen molar-refractivity contribution in [2.24, 2.45) is 12.8 Å². The summed E-state index contributed by atoms with van der Waals surface area (Å²) in [5.74, 6) is -0.284. The molecule has 0 spiro atoms. The van der Waals surface area contributed by atoms with Crippen LogP contribution in [0.4, 0.5) is 10.7 Å². The van der Waals surface area contributed by atoms with Gasteiger partial charge in [0, 0.05) is 13.1 Å². The lowest BCUT2D eigenvalue weighted by Gasteiger charge is -2.20. The fraction of sp³-hybridized carbons (Fsp3) is 0.571. The molecule has 22 nitrogen and oxygen atoms in total. The van der Waals surface area contributed by atoms with Crippen LogP contribution in [0.1, 0.15) is 6.23 Å². The molecule has 0 saturated carbocycles. The van der Waals surface area contributed by atoms with E-state index in [-0.39, 0.29) is 30.2 Å². The van der Waals surface area contributed by atoms with Crippen molar-refractivity contribution in [2.45, 2.75) is 24.5 Å². The molecule has 1 aliphatic rings. The van der Waals surface area contributed by atoms with E-state index in [0.29, 0.717) is 0 Å². The largest absolute Gasteiger partial charge is 0.490 e. The predicted molar refractivity (Wildman–Crippen MR) is 123 cm³/mol. The smallest absolute Gasteiger partial charge is 0.437 e. The van der Waals surface area contributed by atoms with E-state index in [9.17, 15) is 38.2 Å². The number of nitrogens with two attached hydrogens (primary N) is 2. The molecule has 0 aliphatic carbocycles. The summed E-state index contributed by atoms with van der Waals surface area (Å²) in [5.41, 5.74) is 10.3. The van der Waals surface area contributed by atoms with E-state index >= 15 is 0 Å². The van der Waals surface area contributed by atoms with Gasteiger partial charge in [-0.1, -0.05) is 4.98 Å². The number of amides is 1. The van der Waals surface area contributed by atoms with Crippen LogP contribution in [0.2, 0.25) is 0 Å². The average molecular weight is 624 g/mol. The van der Waals surface area contributed by atoms with Crippen LogP contribution in [0.15, 0.2) is 11.1 Å². The van der Waals surface area contributed by atoms with Crippen LogP contribution in [0.5, 0.6) is 0 Å². The first-order valence-corrected chi connectivity index (χ1v) is 15.0. The summed E-state index contributed by atoms with van der Waals surface area (Å²) in [6.07, 6.45) is -6.17. The molecule has 1 fully saturated rings. The molecule has 6 atom stereocenters. The van der Waals surface area contributed by atoms with Crippen molar-refractivity contribution in [3.8, 4) is 0 Å². The highest BCUT2D eigenvalue weighted by Gasteiger charge is 2.51. The van der Waals surface area contributed by atoms with Gasteiger partial charge in [-0.15, -0.1) is 0 Å². The lowest BCUT2D eigenvalue weighted by molar-refractivity contribution is -0.745. The van der Waals surface area contributed by atoms with E-state index < -0.39 is 66.3 Å². The van der Waals surface area contributed by atoms with Crippen LogP contribution in [0.25, 0.3) is 11.2 Å². The third kappa shape index (κ3) is 7.89. The Bertz CT molecular complexity index is 1420. The number of aryl methyl sites for hydroxylation is 1. The highest BCUT2D eigenvalue weighted by atomic mass is 31.3. The highest BCUT2D eigenvalue weighted by molar-refractivity contribution is 7.66. The Morgan fingerprint density at radius 3 is 2.54 bits per heavy atom. The van der Waals surface area contributed by atoms with Crippen molar-refractivity contribution < 1.29 is 70.4 Å². The van der Waals surface area contributed by atoms with Crippen molar-refractivity contribution in [2.75, 3.05) is 25.4 Å². The van der Waals surface area contributed by atoms with E-state index in [4.69, 9.17) is 30.7 Å². The summed E-state index contributed by atoms with van der Waals surface area (Å²) < 4.78 is 59.6. The quantitative estimate of drug-likeness (QED) is 0.0877. The number of aliphatic hydroxyl groups is 1. The second kappa shape index (κ2) is 11.7. The van der Waals surface area contributed by atoms with E-state index in [0.717, 1.165) is 0 Å². The van der Waals surface area contributed by atoms with Gasteiger partial charge in [0.1, 0.15) is 12.2 Å². The monoisotopic (exact) mass is 624 g/mol. The molecular weight excluding hydrogens is 599 g/mol. The van der Waals surface area contributed by atoms with Crippen LogP contribution in [-0.2, 0) is 43.4 Å². The number of imidazole rings is 1. The fourth-order valence-corrected chi connectivity index (χ4v) is 6.50. The summed E-state index contributed by atoms with van der Waals surface area (Å²) in [6.45, 7) is -1.01. The number of aromatic nitrogens is 4. The van der Waals surface area contributed by atoms with Crippen molar-refractivity contribution in [3.63, 3.8) is 0 Å². The van der Waals surface area contributed by atoms with E-state index in [1.165, 1.54) is 22.5 Å². The van der Waals surface area contributed by atoms with Gasteiger partial charge >= 0.3 is 35.2 Å². The van der Waals surface area contributed by atoms with Gasteiger partial charge in [0.05, 0.1) is 13.7 Å². The van der Waals surface area contributed by atoms with Crippen LogP contribution in [0, 0.1) is 0 Å². The number of ether oxygens (including phenoxy) is 2. The number of carbonyl (C=O) groups excluding carboxylic acids is 1. The fourth-order valence-electron chi connectivity index (χ4n) is 3.47. The number of nitrogens with one attached hydrogen (secondary N) is 2. The lowest BCUT2D eigenvalue weighted by Crippen LogP contribution is -2.49. The summed E-state index contributed by atoms with van der Waals surface area (Å²) >= 11 is 0. The SMILES string of the molecule is Cn1c[n+]([C@@H]2O[C@H](COP(=O)(O)OP(=O)(O)OP(=O)(O)O)[C@@H](O)[C@H]2OC(=O)NCCN)c2nc(N)[nH]c(=O)c21. The van der Waals surface area contributed by atoms with E-state index in [1.54, 1.807) is 0 Å². The van der Waals surface area contributed by atoms with Crippen molar-refractivity contribution in [1.29, 1.82) is 0 Å². The Morgan fingerprint density at radius 2 is 1.92 bits per heavy atom. The van der Waals surface area contributed by atoms with Crippen LogP contribution < -0.4 is 26.9 Å². The minimum absolute atomic E-state index is 0.00246. The number of fused-ring (bicyclic) bond motifs is 1. The number of alkyl carbamates (subject to hydrolysis) is 1. The van der Waals surface area contributed by atoms with Crippen molar-refractivity contribution in [1.82, 2.24) is 19.9 Å². The number of nitrogen functional groups attached to an aromatic ring is 1. The molecule has 2 aromatic heterocycles. The summed E-state index contributed by atoms with van der Waals surface area (Å²) in [6, 6.07) is 0. The number of nitrogens with zero attached hydrogens (tertiary/aromatic N) is 3. The van der Waals surface area contributed by atoms with Crippen molar-refractivity contribution in [3.05, 3.63) is 16.7 Å². The van der Waals surface area contributed by atoms with Gasteiger partial charge in [-0.2, -0.15) is 8.62 Å². The van der Waals surface area contributed by atoms with Gasteiger partial charge in [-0.3, -0.25) is 18.9 Å². The van der Waals surface area contributed by atoms with E-state index in [2.05, 4.69) is 28.4 Å². The number of hydrogen-bond donors (Lipinski definition) is 9. The Labute approximate surface area is 216 Å². The first-order chi connectivity index (χ1) is 17.9. The third-order valence-electron chi connectivity index (χ3n) is 4.85. The predicted octanol–water partition coefficient (Wildman–Crippen LogP) is -3.21. The molecule has 39 heavy (non-hydrogen) atoms. The minimum Gasteiger partial charge on any atom is -0.437 e. The molecule has 0 bridgehead atoms. The topological polar surface area (TPSA) is 334 Å². The standard InChI is InChI=1S/C14H24N7O15P3/c1-20-5-21(10-7(20)11(23)19-13(16)18-10)12-9(34-14(24)17-3-2-15)8(22)6(33-12)4-32-38(28,29)36-39(30,31)35-37(25,26)27/h5-6,8-9,12,22H,2-4,15H2,1H3,(H7-,16,17,18,19,23,24,25,26,27,28,29,30,31)/p+1/t6-,8-,9-,12-/m1/s1. The summed E-state index contributed by atoms with van der Waals surface area (Å²) in [5, 5.41) is 13.1. The molecule has 1 amide bonds. The summed E-state index contributed by atoms with van der Waals surface area (Å²) in [4.78, 5) is 67.1. The maximum Gasteiger partial charge on any atom is 0.490 e. The maximum absolute atomic E-state index is 12.4. The number of aliphatic hydroxyl groups excluding tert-OH is 1. The Hall–Kier alpha value is -2.29. The molecule has 3 heterocycles. The van der Waals surface area contributed by atoms with Gasteiger partial charge in [0.25, 0.3) is 11.5 Å². The Balaban J connectivity index is 1.88. The minimum atomic E-state index is -5.80. The zero-order valence-electron chi connectivity index (χ0n) is 19.7. The molecule has 1 aliphatic heterocycles. The molecule has 0 aromatic carbocycles. The van der Waals surface area contributed by atoms with Crippen LogP contribution in [-0.4, -0.2) is 83.3 Å². The van der Waals surface area contributed by atoms with Gasteiger partial charge in [0.15, 0.2) is 12.4 Å². The van der Waals surface area contributed by atoms with Gasteiger partial charge in [-0.25, -0.2) is 23.1 Å². The zero-order chi connectivity index (χ0) is 29.3. The number of aromatic amines is 1. The first-order valence-electron chi connectivity index (χ1n) is 10.5. The van der Waals surface area contributed by atoms with Crippen LogP contribution in [0.3, 0.4) is 0 Å². The van der Waals surface area contributed by atoms with Gasteiger partial charge in [-0.05, 0) is 0 Å². The molecule has 220 valence electrons. The number of anilines is 1. The zero-order valence-corrected chi connectivity index (χ0v) is 22.3. The lowest BCUT2D eigenvalue weighted by atomic mass is 10.1. The first kappa shape index (κ1) is 31.2. The molecule has 0 radical (unpaired) electrons. The normalized spacial score (nSPS) is 24.8. The number of carbonyl (C=O) groups is 1. The van der Waals surface area contributed by atoms with Gasteiger partial charge < -0.3 is 50.9 Å². The highest BCUT2D eigenvalue weighted by Crippen LogP contribution is 2.66. The second-order valence-corrected chi connectivity index (χ2v) is 12.2. The molecule has 2 aromatic rings. The molecular formula is C14H25N7O15P3+. The van der Waals surface area contributed by atoms with Gasteiger partial charge in [0.2, 0.25) is 11.7 Å². The number of phosphoric acid groups is 3. The van der Waals surface area contributed by atoms with E-state index in [1.807, 2.05) is 0 Å². The number of phosphoric ester groups is 1. The Morgan fingerprint density at radius 1 is 1.26 bits per heavy atom. The molecule has 3 rings (SSSR count). The molecule has 1 saturated heterocycles. The maximum atomic E-state index is 12.4. The average Bonchev–Trinajstić information content (AvgIpc) is 3.25. The molecule has 11 N–H and O–H groups in total. The number of hydrogen-bond acceptors (Lipinski definition) is 14. The molecule has 2 unspecified atom stereocenters. The number of rotatable bonds is 11. The second-order valence-electron chi connectivity index (χ2n) is 7.78. The third-order valence-corrected chi connectivity index (χ3v) is 8.65. The Kier molecular flexibility index (Phi) is 9.35. The molecule has 25 heteroatoms. The van der Waals surface area contributed by atoms with Crippen molar-refractivity contribution >= 4 is 46.7 Å².